The lowest BCUT2D eigenvalue weighted by Crippen LogP contribution is -2.50. The number of carboxylic acids is 1. The molecule has 0 aliphatic rings. The summed E-state index contributed by atoms with van der Waals surface area (Å²) in [5, 5.41) is 11.7. The molecule has 128 valence electrons. The summed E-state index contributed by atoms with van der Waals surface area (Å²) in [5.41, 5.74) is -0.723. The van der Waals surface area contributed by atoms with E-state index in [2.05, 4.69) is 21.2 Å². The molecule has 1 aromatic carbocycles. The molecule has 8 heteroatoms. The van der Waals surface area contributed by atoms with E-state index in [0.717, 1.165) is 0 Å². The number of carbonyl (C=O) groups is 2. The Labute approximate surface area is 143 Å². The minimum absolute atomic E-state index is 0.0689. The predicted octanol–water partition coefficient (Wildman–Crippen LogP) is 2.08. The van der Waals surface area contributed by atoms with Crippen LogP contribution < -0.4 is 14.8 Å². The van der Waals surface area contributed by atoms with E-state index >= 15 is 0 Å². The summed E-state index contributed by atoms with van der Waals surface area (Å²) >= 11 is 3.31. The Morgan fingerprint density at radius 3 is 2.39 bits per heavy atom. The molecular formula is C15H20BrNO6. The molecule has 0 aromatic heterocycles. The van der Waals surface area contributed by atoms with Gasteiger partial charge in [0.25, 0.3) is 5.91 Å². The Morgan fingerprint density at radius 2 is 1.91 bits per heavy atom. The van der Waals surface area contributed by atoms with Crippen LogP contribution in [0.4, 0.5) is 0 Å². The van der Waals surface area contributed by atoms with E-state index in [1.165, 1.54) is 27.4 Å². The Morgan fingerprint density at radius 1 is 1.26 bits per heavy atom. The third kappa shape index (κ3) is 5.11. The fraction of sp³-hybridized carbons (Fsp3) is 0.467. The van der Waals surface area contributed by atoms with Gasteiger partial charge < -0.3 is 24.6 Å². The van der Waals surface area contributed by atoms with Crippen LogP contribution in [0.2, 0.25) is 0 Å². The van der Waals surface area contributed by atoms with E-state index < -0.39 is 17.4 Å². The van der Waals surface area contributed by atoms with E-state index in [-0.39, 0.29) is 13.0 Å². The normalized spacial score (nSPS) is 13.1. The lowest BCUT2D eigenvalue weighted by atomic mass is 9.98. The summed E-state index contributed by atoms with van der Waals surface area (Å²) in [6, 6.07) is 3.09. The molecule has 1 aromatic rings. The van der Waals surface area contributed by atoms with Crippen molar-refractivity contribution >= 4 is 27.8 Å². The van der Waals surface area contributed by atoms with Crippen LogP contribution in [0, 0.1) is 0 Å². The molecular weight excluding hydrogens is 370 g/mol. The fourth-order valence-electron chi connectivity index (χ4n) is 2.18. The number of halogens is 1. The molecule has 0 saturated carbocycles. The van der Waals surface area contributed by atoms with Gasteiger partial charge in [-0.2, -0.15) is 0 Å². The Bertz CT molecular complexity index is 592. The first kappa shape index (κ1) is 19.2. The van der Waals surface area contributed by atoms with Gasteiger partial charge in [0, 0.05) is 12.7 Å². The monoisotopic (exact) mass is 389 g/mol. The number of ether oxygens (including phenoxy) is 3. The van der Waals surface area contributed by atoms with Crippen LogP contribution in [-0.2, 0) is 9.53 Å². The van der Waals surface area contributed by atoms with Gasteiger partial charge in [0.1, 0.15) is 0 Å². The average molecular weight is 390 g/mol. The molecule has 0 aliphatic heterocycles. The Balaban J connectivity index is 3.08. The second-order valence-electron chi connectivity index (χ2n) is 5.21. The van der Waals surface area contributed by atoms with Crippen LogP contribution in [0.15, 0.2) is 16.6 Å². The van der Waals surface area contributed by atoms with Crippen molar-refractivity contribution in [3.8, 4) is 11.5 Å². The highest BCUT2D eigenvalue weighted by molar-refractivity contribution is 9.10. The molecule has 7 nitrogen and oxygen atoms in total. The van der Waals surface area contributed by atoms with E-state index in [0.29, 0.717) is 21.5 Å². The number of nitrogens with one attached hydrogen (secondary N) is 1. The number of hydrogen-bond acceptors (Lipinski definition) is 5. The average Bonchev–Trinajstić information content (AvgIpc) is 2.45. The molecule has 0 aliphatic carbocycles. The lowest BCUT2D eigenvalue weighted by Gasteiger charge is -2.28. The van der Waals surface area contributed by atoms with Gasteiger partial charge in [0.2, 0.25) is 0 Å². The summed E-state index contributed by atoms with van der Waals surface area (Å²) in [6.07, 6.45) is -0.263. The maximum absolute atomic E-state index is 12.5. The van der Waals surface area contributed by atoms with Gasteiger partial charge in [0.15, 0.2) is 11.5 Å². The van der Waals surface area contributed by atoms with Crippen LogP contribution in [0.3, 0.4) is 0 Å². The van der Waals surface area contributed by atoms with Crippen molar-refractivity contribution in [1.82, 2.24) is 5.32 Å². The van der Waals surface area contributed by atoms with E-state index in [1.807, 2.05) is 0 Å². The first-order valence-electron chi connectivity index (χ1n) is 6.71. The number of methoxy groups -OCH3 is 3. The molecule has 1 rings (SSSR count). The Kier molecular flexibility index (Phi) is 6.83. The summed E-state index contributed by atoms with van der Waals surface area (Å²) in [5.74, 6) is -0.612. The van der Waals surface area contributed by atoms with Crippen LogP contribution >= 0.6 is 15.9 Å². The smallest absolute Gasteiger partial charge is 0.305 e. The molecule has 0 heterocycles. The van der Waals surface area contributed by atoms with Gasteiger partial charge in [-0.05, 0) is 35.0 Å². The number of benzene rings is 1. The topological polar surface area (TPSA) is 94.1 Å². The molecule has 1 unspecified atom stereocenters. The first-order chi connectivity index (χ1) is 10.8. The minimum Gasteiger partial charge on any atom is -0.493 e. The number of rotatable bonds is 8. The van der Waals surface area contributed by atoms with E-state index in [4.69, 9.17) is 19.3 Å². The van der Waals surface area contributed by atoms with Crippen LogP contribution in [0.1, 0.15) is 23.7 Å². The van der Waals surface area contributed by atoms with Gasteiger partial charge in [-0.25, -0.2) is 0 Å². The van der Waals surface area contributed by atoms with Gasteiger partial charge in [0.05, 0.1) is 37.3 Å². The van der Waals surface area contributed by atoms with Crippen molar-refractivity contribution in [2.24, 2.45) is 0 Å². The molecule has 1 atom stereocenters. The zero-order chi connectivity index (χ0) is 17.6. The third-order valence-corrected chi connectivity index (χ3v) is 3.70. The summed E-state index contributed by atoms with van der Waals surface area (Å²) < 4.78 is 16.0. The number of amides is 1. The summed E-state index contributed by atoms with van der Waals surface area (Å²) in [4.78, 5) is 23.5. The molecule has 0 radical (unpaired) electrons. The van der Waals surface area contributed by atoms with E-state index in [1.54, 1.807) is 13.0 Å². The largest absolute Gasteiger partial charge is 0.493 e. The lowest BCUT2D eigenvalue weighted by molar-refractivity contribution is -0.139. The molecule has 0 saturated heterocycles. The highest BCUT2D eigenvalue weighted by Crippen LogP contribution is 2.36. The second kappa shape index (κ2) is 8.16. The summed E-state index contributed by atoms with van der Waals surface area (Å²) in [6.45, 7) is 1.68. The molecule has 0 spiro atoms. The van der Waals surface area contributed by atoms with Crippen LogP contribution in [-0.4, -0.2) is 50.5 Å². The Hall–Kier alpha value is -1.80. The molecule has 0 bridgehead atoms. The third-order valence-electron chi connectivity index (χ3n) is 3.12. The van der Waals surface area contributed by atoms with Gasteiger partial charge in [-0.3, -0.25) is 9.59 Å². The highest BCUT2D eigenvalue weighted by Gasteiger charge is 2.30. The van der Waals surface area contributed by atoms with Gasteiger partial charge in [-0.15, -0.1) is 0 Å². The van der Waals surface area contributed by atoms with Gasteiger partial charge in [-0.1, -0.05) is 0 Å². The van der Waals surface area contributed by atoms with Crippen molar-refractivity contribution in [1.29, 1.82) is 0 Å². The molecule has 23 heavy (non-hydrogen) atoms. The highest BCUT2D eigenvalue weighted by atomic mass is 79.9. The molecule has 1 amide bonds. The second-order valence-corrected chi connectivity index (χ2v) is 6.07. The van der Waals surface area contributed by atoms with Gasteiger partial charge >= 0.3 is 5.97 Å². The van der Waals surface area contributed by atoms with Crippen molar-refractivity contribution in [3.05, 3.63) is 22.2 Å². The maximum atomic E-state index is 12.5. The van der Waals surface area contributed by atoms with Crippen molar-refractivity contribution in [2.75, 3.05) is 27.9 Å². The number of hydrogen-bond donors (Lipinski definition) is 2. The SMILES string of the molecule is COCC(C)(CC(=O)O)NC(=O)c1cc(Br)c(OC)c(OC)c1. The predicted molar refractivity (Wildman–Crippen MR) is 87.2 cm³/mol. The van der Waals surface area contributed by atoms with Crippen molar-refractivity contribution < 1.29 is 28.9 Å². The zero-order valence-corrected chi connectivity index (χ0v) is 15.0. The first-order valence-corrected chi connectivity index (χ1v) is 7.50. The quantitative estimate of drug-likeness (QED) is 0.706. The van der Waals surface area contributed by atoms with Crippen molar-refractivity contribution in [2.45, 2.75) is 18.9 Å². The van der Waals surface area contributed by atoms with Crippen molar-refractivity contribution in [3.63, 3.8) is 0 Å². The number of aliphatic carboxylic acids is 1. The zero-order valence-electron chi connectivity index (χ0n) is 13.4. The van der Waals surface area contributed by atoms with Crippen LogP contribution in [0.25, 0.3) is 0 Å². The summed E-state index contributed by atoms with van der Waals surface area (Å²) in [7, 11) is 4.40. The number of carboxylic acid groups (broad SMARTS) is 1. The number of carbonyl (C=O) groups excluding carboxylic acids is 1. The van der Waals surface area contributed by atoms with Crippen LogP contribution in [0.5, 0.6) is 11.5 Å². The maximum Gasteiger partial charge on any atom is 0.305 e. The minimum atomic E-state index is -1.03. The van der Waals surface area contributed by atoms with E-state index in [9.17, 15) is 9.59 Å². The molecule has 2 N–H and O–H groups in total. The fourth-order valence-corrected chi connectivity index (χ4v) is 2.78. The molecule has 0 fully saturated rings. The standard InChI is InChI=1S/C15H20BrNO6/c1-15(8-21-2,7-12(18)19)17-14(20)9-5-10(16)13(23-4)11(6-9)22-3/h5-6H,7-8H2,1-4H3,(H,17,20)(H,18,19).